The number of halogens is 3. The van der Waals surface area contributed by atoms with E-state index in [0.717, 1.165) is 48.0 Å². The summed E-state index contributed by atoms with van der Waals surface area (Å²) in [6.07, 6.45) is 3.42. The minimum atomic E-state index is -4.45. The van der Waals surface area contributed by atoms with Crippen LogP contribution in [-0.2, 0) is 25.6 Å². The van der Waals surface area contributed by atoms with Crippen molar-refractivity contribution in [1.29, 1.82) is 0 Å². The number of aryl methyl sites for hydroxylation is 1. The van der Waals surface area contributed by atoms with Gasteiger partial charge in [0.2, 0.25) is 0 Å². The lowest BCUT2D eigenvalue weighted by Crippen LogP contribution is -2.11. The maximum absolute atomic E-state index is 13.2. The number of alkyl halides is 3. The molecule has 162 valence electrons. The third-order valence-electron chi connectivity index (χ3n) is 6.50. The van der Waals surface area contributed by atoms with E-state index < -0.39 is 11.9 Å². The average molecular weight is 447 g/mol. The highest BCUT2D eigenvalue weighted by Gasteiger charge is 2.38. The first-order valence-corrected chi connectivity index (χ1v) is 11.5. The van der Waals surface area contributed by atoms with Gasteiger partial charge in [-0.3, -0.25) is 4.68 Å². The van der Waals surface area contributed by atoms with Gasteiger partial charge in [0, 0.05) is 16.5 Å². The Morgan fingerprint density at radius 1 is 1.19 bits per heavy atom. The number of thiophene rings is 1. The lowest BCUT2D eigenvalue weighted by atomic mass is 9.86. The van der Waals surface area contributed by atoms with E-state index >= 15 is 0 Å². The second kappa shape index (κ2) is 6.75. The molecule has 0 amide bonds. The Hall–Kier alpha value is -2.49. The van der Waals surface area contributed by atoms with E-state index in [4.69, 9.17) is 4.98 Å². The molecule has 4 heterocycles. The molecule has 0 bridgehead atoms. The fourth-order valence-electron chi connectivity index (χ4n) is 4.64. The van der Waals surface area contributed by atoms with Crippen LogP contribution in [0.1, 0.15) is 66.2 Å². The zero-order chi connectivity index (χ0) is 21.3. The lowest BCUT2D eigenvalue weighted by molar-refractivity contribution is -0.141. The van der Waals surface area contributed by atoms with E-state index in [9.17, 15) is 13.2 Å². The quantitative estimate of drug-likeness (QED) is 0.443. The molecule has 0 unspecified atom stereocenters. The summed E-state index contributed by atoms with van der Waals surface area (Å²) in [5, 5.41) is 9.40. The molecule has 0 radical (unpaired) electrons. The van der Waals surface area contributed by atoms with Crippen LogP contribution in [0.15, 0.2) is 12.4 Å². The van der Waals surface area contributed by atoms with Crippen molar-refractivity contribution in [3.63, 3.8) is 0 Å². The molecular weight excluding hydrogens is 425 g/mol. The monoisotopic (exact) mass is 446 g/mol. The van der Waals surface area contributed by atoms with E-state index in [1.807, 2.05) is 0 Å². The third kappa shape index (κ3) is 3.22. The predicted molar refractivity (Wildman–Crippen MR) is 110 cm³/mol. The van der Waals surface area contributed by atoms with Crippen LogP contribution >= 0.6 is 11.3 Å². The van der Waals surface area contributed by atoms with Crippen molar-refractivity contribution >= 4 is 27.2 Å². The van der Waals surface area contributed by atoms with Crippen molar-refractivity contribution in [1.82, 2.24) is 29.4 Å². The molecule has 2 aliphatic rings. The Balaban J connectivity index is 1.41. The third-order valence-corrected chi connectivity index (χ3v) is 7.66. The Bertz CT molecular complexity index is 1300. The van der Waals surface area contributed by atoms with Gasteiger partial charge in [-0.15, -0.1) is 16.4 Å². The van der Waals surface area contributed by atoms with E-state index in [1.54, 1.807) is 22.2 Å². The number of fused-ring (bicyclic) bond motifs is 5. The van der Waals surface area contributed by atoms with Gasteiger partial charge >= 0.3 is 6.18 Å². The van der Waals surface area contributed by atoms with Crippen LogP contribution in [0.2, 0.25) is 0 Å². The van der Waals surface area contributed by atoms with Gasteiger partial charge in [0.15, 0.2) is 17.2 Å². The molecule has 0 spiro atoms. The van der Waals surface area contributed by atoms with E-state index in [-0.39, 0.29) is 12.5 Å². The first-order valence-electron chi connectivity index (χ1n) is 10.7. The summed E-state index contributed by atoms with van der Waals surface area (Å²) in [5.41, 5.74) is 1.83. The van der Waals surface area contributed by atoms with Crippen molar-refractivity contribution in [3.05, 3.63) is 40.0 Å². The summed E-state index contributed by atoms with van der Waals surface area (Å²) in [6, 6.07) is 1.17. The summed E-state index contributed by atoms with van der Waals surface area (Å²) in [7, 11) is 0. The predicted octanol–water partition coefficient (Wildman–Crippen LogP) is 4.99. The molecule has 0 aromatic carbocycles. The van der Waals surface area contributed by atoms with Crippen LogP contribution in [-0.4, -0.2) is 29.4 Å². The van der Waals surface area contributed by atoms with Crippen LogP contribution in [0.5, 0.6) is 0 Å². The van der Waals surface area contributed by atoms with Gasteiger partial charge in [-0.25, -0.2) is 14.5 Å². The molecule has 0 aliphatic heterocycles. The van der Waals surface area contributed by atoms with Gasteiger partial charge in [-0.05, 0) is 49.7 Å². The molecule has 4 aromatic rings. The van der Waals surface area contributed by atoms with Crippen molar-refractivity contribution < 1.29 is 13.2 Å². The second-order valence-corrected chi connectivity index (χ2v) is 9.71. The molecule has 0 N–H and O–H groups in total. The fraction of sp³-hybridized carbons (Fsp3) is 0.524. The number of aromatic nitrogens is 6. The maximum Gasteiger partial charge on any atom is 0.435 e. The summed E-state index contributed by atoms with van der Waals surface area (Å²) in [5.74, 6) is 1.31. The van der Waals surface area contributed by atoms with Crippen LogP contribution in [0.25, 0.3) is 15.9 Å². The van der Waals surface area contributed by atoms with Crippen LogP contribution in [0.4, 0.5) is 13.2 Å². The second-order valence-electron chi connectivity index (χ2n) is 8.63. The molecule has 6 nitrogen and oxygen atoms in total. The Morgan fingerprint density at radius 3 is 2.77 bits per heavy atom. The zero-order valence-corrected chi connectivity index (χ0v) is 17.8. The average Bonchev–Trinajstić information content (AvgIpc) is 3.19. The molecule has 10 heteroatoms. The molecule has 2 aliphatic carbocycles. The van der Waals surface area contributed by atoms with Gasteiger partial charge in [0.25, 0.3) is 0 Å². The lowest BCUT2D eigenvalue weighted by Gasteiger charge is -2.20. The molecule has 0 saturated heterocycles. The van der Waals surface area contributed by atoms with Crippen molar-refractivity contribution in [3.8, 4) is 0 Å². The summed E-state index contributed by atoms with van der Waals surface area (Å²) >= 11 is 1.73. The highest BCUT2D eigenvalue weighted by atomic mass is 32.1. The largest absolute Gasteiger partial charge is 0.435 e. The fourth-order valence-corrected chi connectivity index (χ4v) is 5.94. The van der Waals surface area contributed by atoms with Crippen LogP contribution in [0, 0.1) is 5.92 Å². The summed E-state index contributed by atoms with van der Waals surface area (Å²) in [4.78, 5) is 11.7. The first kappa shape index (κ1) is 19.2. The molecule has 4 aromatic heterocycles. The van der Waals surface area contributed by atoms with Gasteiger partial charge in [-0.1, -0.05) is 13.3 Å². The van der Waals surface area contributed by atoms with Crippen molar-refractivity contribution in [2.24, 2.45) is 5.92 Å². The molecule has 1 atom stereocenters. The molecule has 1 fully saturated rings. The van der Waals surface area contributed by atoms with Gasteiger partial charge in [0.05, 0.1) is 5.39 Å². The Morgan fingerprint density at radius 2 is 2.03 bits per heavy atom. The smallest absolute Gasteiger partial charge is 0.261 e. The van der Waals surface area contributed by atoms with Gasteiger partial charge in [0.1, 0.15) is 17.7 Å². The standard InChI is InChI=1S/C21H21F3N6S/c1-2-11-3-6-13-15(7-11)31-20-18(13)19-26-17(28-30(19)10-25-20)9-29-14(12-4-5-12)8-16(27-29)21(22,23)24/h8,10-12H,2-7,9H2,1H3/t11-/m0/s1. The van der Waals surface area contributed by atoms with Crippen molar-refractivity contribution in [2.75, 3.05) is 0 Å². The topological polar surface area (TPSA) is 60.9 Å². The Kier molecular flexibility index (Phi) is 4.19. The highest BCUT2D eigenvalue weighted by Crippen LogP contribution is 2.42. The molecule has 6 rings (SSSR count). The Labute approximate surface area is 180 Å². The molecule has 1 saturated carbocycles. The molecular formula is C21H21F3N6S. The molecule has 31 heavy (non-hydrogen) atoms. The van der Waals surface area contributed by atoms with E-state index in [2.05, 4.69) is 22.1 Å². The van der Waals surface area contributed by atoms with Crippen molar-refractivity contribution in [2.45, 2.75) is 64.1 Å². The number of hydrogen-bond acceptors (Lipinski definition) is 5. The minimum Gasteiger partial charge on any atom is -0.261 e. The highest BCUT2D eigenvalue weighted by molar-refractivity contribution is 7.19. The number of rotatable bonds is 4. The van der Waals surface area contributed by atoms with Crippen LogP contribution in [0.3, 0.4) is 0 Å². The maximum atomic E-state index is 13.2. The SMILES string of the molecule is CC[C@H]1CCc2c(sc3ncn4nc(Cn5nc(C(F)(F)F)cc5C5CC5)nc4c23)C1. The number of nitrogens with zero attached hydrogens (tertiary/aromatic N) is 6. The normalized spacial score (nSPS) is 19.4. The van der Waals surface area contributed by atoms with Gasteiger partial charge in [-0.2, -0.15) is 18.3 Å². The van der Waals surface area contributed by atoms with Gasteiger partial charge < -0.3 is 0 Å². The van der Waals surface area contributed by atoms with E-state index in [0.29, 0.717) is 17.4 Å². The zero-order valence-electron chi connectivity index (χ0n) is 17.0. The first-order chi connectivity index (χ1) is 14.9. The van der Waals surface area contributed by atoms with E-state index in [1.165, 1.54) is 27.6 Å². The van der Waals surface area contributed by atoms with Crippen LogP contribution < -0.4 is 0 Å². The number of hydrogen-bond donors (Lipinski definition) is 0. The summed E-state index contributed by atoms with van der Waals surface area (Å²) in [6.45, 7) is 2.36. The summed E-state index contributed by atoms with van der Waals surface area (Å²) < 4.78 is 42.7. The minimum absolute atomic E-state index is 0.120.